The number of para-hydroxylation sites is 1. The third-order valence-corrected chi connectivity index (χ3v) is 4.46. The molecule has 0 saturated carbocycles. The number of aromatic nitrogens is 6. The Morgan fingerprint density at radius 3 is 2.85 bits per heavy atom. The van der Waals surface area contributed by atoms with Crippen LogP contribution in [0.1, 0.15) is 18.2 Å². The lowest BCUT2D eigenvalue weighted by Gasteiger charge is -2.07. The summed E-state index contributed by atoms with van der Waals surface area (Å²) in [6.07, 6.45) is 9.25. The predicted octanol–water partition coefficient (Wildman–Crippen LogP) is 3.47. The van der Waals surface area contributed by atoms with Crippen LogP contribution in [0, 0.1) is 6.92 Å². The van der Waals surface area contributed by atoms with Gasteiger partial charge in [-0.1, -0.05) is 18.2 Å². The molecule has 0 fully saturated rings. The molecule has 7 heteroatoms. The van der Waals surface area contributed by atoms with E-state index in [4.69, 9.17) is 0 Å². The fraction of sp³-hybridized carbons (Fsp3) is 0.200. The summed E-state index contributed by atoms with van der Waals surface area (Å²) in [5.74, 6) is 0.583. The molecule has 3 aromatic heterocycles. The van der Waals surface area contributed by atoms with Crippen molar-refractivity contribution in [2.24, 2.45) is 0 Å². The van der Waals surface area contributed by atoms with Crippen molar-refractivity contribution in [2.45, 2.75) is 26.9 Å². The van der Waals surface area contributed by atoms with Crippen LogP contribution in [-0.2, 0) is 13.1 Å². The van der Waals surface area contributed by atoms with Crippen LogP contribution in [0.2, 0.25) is 0 Å². The van der Waals surface area contributed by atoms with Crippen LogP contribution in [0.4, 0.5) is 5.95 Å². The summed E-state index contributed by atoms with van der Waals surface area (Å²) in [7, 11) is 0. The number of aryl methyl sites for hydroxylation is 2. The van der Waals surface area contributed by atoms with E-state index in [-0.39, 0.29) is 0 Å². The molecule has 7 nitrogen and oxygen atoms in total. The van der Waals surface area contributed by atoms with E-state index in [0.29, 0.717) is 12.5 Å². The van der Waals surface area contributed by atoms with Crippen LogP contribution < -0.4 is 5.32 Å². The van der Waals surface area contributed by atoms with E-state index in [1.54, 1.807) is 6.20 Å². The first-order valence-electron chi connectivity index (χ1n) is 8.91. The third kappa shape index (κ3) is 3.57. The zero-order chi connectivity index (χ0) is 18.6. The molecule has 4 aromatic rings. The zero-order valence-electron chi connectivity index (χ0n) is 15.4. The Labute approximate surface area is 157 Å². The molecule has 1 N–H and O–H groups in total. The monoisotopic (exact) mass is 359 g/mol. The number of nitrogens with one attached hydrogen (secondary N) is 1. The van der Waals surface area contributed by atoms with Gasteiger partial charge in [-0.15, -0.1) is 0 Å². The minimum Gasteiger partial charge on any atom is -0.349 e. The zero-order valence-corrected chi connectivity index (χ0v) is 15.4. The van der Waals surface area contributed by atoms with Crippen molar-refractivity contribution < 1.29 is 0 Å². The maximum atomic E-state index is 4.62. The lowest BCUT2D eigenvalue weighted by molar-refractivity contribution is 0.718. The molecular weight excluding hydrogens is 338 g/mol. The Bertz CT molecular complexity index is 1050. The van der Waals surface area contributed by atoms with Crippen molar-refractivity contribution >= 4 is 5.95 Å². The van der Waals surface area contributed by atoms with Crippen LogP contribution in [0.25, 0.3) is 16.9 Å². The van der Waals surface area contributed by atoms with E-state index in [1.807, 2.05) is 47.8 Å². The maximum absolute atomic E-state index is 4.62. The van der Waals surface area contributed by atoms with Crippen molar-refractivity contribution in [2.75, 3.05) is 5.32 Å². The number of imidazole rings is 1. The Morgan fingerprint density at radius 1 is 1.11 bits per heavy atom. The average molecular weight is 359 g/mol. The molecule has 0 saturated heterocycles. The topological polar surface area (TPSA) is 73.5 Å². The molecule has 0 bridgehead atoms. The normalized spacial score (nSPS) is 10.9. The van der Waals surface area contributed by atoms with Gasteiger partial charge in [-0.05, 0) is 31.5 Å². The van der Waals surface area contributed by atoms with Crippen LogP contribution in [0.3, 0.4) is 0 Å². The van der Waals surface area contributed by atoms with E-state index in [9.17, 15) is 0 Å². The Kier molecular flexibility index (Phi) is 4.65. The van der Waals surface area contributed by atoms with Gasteiger partial charge >= 0.3 is 0 Å². The first-order chi connectivity index (χ1) is 13.2. The van der Waals surface area contributed by atoms with Crippen LogP contribution >= 0.6 is 0 Å². The van der Waals surface area contributed by atoms with Gasteiger partial charge < -0.3 is 9.88 Å². The SMILES string of the molecule is CCn1cncc1CNc1nccc(-c2cnn(-c3ccccc3C)c2)n1. The van der Waals surface area contributed by atoms with Gasteiger partial charge in [0.2, 0.25) is 5.95 Å². The van der Waals surface area contributed by atoms with Gasteiger partial charge in [-0.25, -0.2) is 19.6 Å². The quantitative estimate of drug-likeness (QED) is 0.571. The average Bonchev–Trinajstić information content (AvgIpc) is 3.36. The van der Waals surface area contributed by atoms with E-state index in [0.717, 1.165) is 29.2 Å². The molecule has 0 unspecified atom stereocenters. The largest absolute Gasteiger partial charge is 0.349 e. The van der Waals surface area contributed by atoms with Gasteiger partial charge in [-0.3, -0.25) is 0 Å². The molecule has 0 aliphatic carbocycles. The van der Waals surface area contributed by atoms with Crippen molar-refractivity contribution in [3.05, 3.63) is 72.7 Å². The van der Waals surface area contributed by atoms with Crippen LogP contribution in [0.15, 0.2) is 61.4 Å². The fourth-order valence-electron chi connectivity index (χ4n) is 2.96. The molecule has 27 heavy (non-hydrogen) atoms. The molecule has 136 valence electrons. The predicted molar refractivity (Wildman–Crippen MR) is 105 cm³/mol. The summed E-state index contributed by atoms with van der Waals surface area (Å²) >= 11 is 0. The lowest BCUT2D eigenvalue weighted by atomic mass is 10.2. The molecule has 0 aliphatic heterocycles. The standard InChI is InChI=1S/C20H21N7/c1-3-26-14-21-11-17(26)12-23-20-22-9-8-18(25-20)16-10-24-27(13-16)19-7-5-4-6-15(19)2/h4-11,13-14H,3,12H2,1-2H3,(H,22,23,25). The molecule has 0 amide bonds. The molecule has 3 heterocycles. The van der Waals surface area contributed by atoms with Crippen molar-refractivity contribution in [1.29, 1.82) is 0 Å². The lowest BCUT2D eigenvalue weighted by Crippen LogP contribution is -2.08. The van der Waals surface area contributed by atoms with Crippen molar-refractivity contribution in [3.63, 3.8) is 0 Å². The van der Waals surface area contributed by atoms with Crippen molar-refractivity contribution in [3.8, 4) is 16.9 Å². The second-order valence-corrected chi connectivity index (χ2v) is 6.25. The van der Waals surface area contributed by atoms with E-state index in [2.05, 4.69) is 55.9 Å². The maximum Gasteiger partial charge on any atom is 0.223 e. The molecule has 0 radical (unpaired) electrons. The highest BCUT2D eigenvalue weighted by Crippen LogP contribution is 2.20. The van der Waals surface area contributed by atoms with E-state index >= 15 is 0 Å². The number of nitrogens with zero attached hydrogens (tertiary/aromatic N) is 6. The summed E-state index contributed by atoms with van der Waals surface area (Å²) in [4.78, 5) is 13.1. The highest BCUT2D eigenvalue weighted by Gasteiger charge is 2.08. The molecular formula is C20H21N7. The summed E-state index contributed by atoms with van der Waals surface area (Å²) < 4.78 is 3.96. The van der Waals surface area contributed by atoms with Gasteiger partial charge in [0.1, 0.15) is 0 Å². The second-order valence-electron chi connectivity index (χ2n) is 6.25. The fourth-order valence-corrected chi connectivity index (χ4v) is 2.96. The summed E-state index contributed by atoms with van der Waals surface area (Å²) in [6, 6.07) is 10.1. The number of benzene rings is 1. The number of anilines is 1. The minimum atomic E-state index is 0.583. The van der Waals surface area contributed by atoms with E-state index < -0.39 is 0 Å². The van der Waals surface area contributed by atoms with Gasteiger partial charge in [0.05, 0.1) is 36.1 Å². The molecule has 1 aromatic carbocycles. The number of hydrogen-bond acceptors (Lipinski definition) is 5. The van der Waals surface area contributed by atoms with Gasteiger partial charge in [-0.2, -0.15) is 5.10 Å². The summed E-state index contributed by atoms with van der Waals surface area (Å²) in [6.45, 7) is 5.68. The molecule has 0 spiro atoms. The molecule has 0 aliphatic rings. The Hall–Kier alpha value is -3.48. The number of rotatable bonds is 6. The van der Waals surface area contributed by atoms with Crippen LogP contribution in [0.5, 0.6) is 0 Å². The second kappa shape index (κ2) is 7.41. The first-order valence-corrected chi connectivity index (χ1v) is 8.91. The molecule has 0 atom stereocenters. The van der Waals surface area contributed by atoms with Gasteiger partial charge in [0.25, 0.3) is 0 Å². The minimum absolute atomic E-state index is 0.583. The Balaban J connectivity index is 1.54. The first kappa shape index (κ1) is 17.0. The highest BCUT2D eigenvalue weighted by atomic mass is 15.3. The molecule has 4 rings (SSSR count). The third-order valence-electron chi connectivity index (χ3n) is 4.46. The number of hydrogen-bond donors (Lipinski definition) is 1. The summed E-state index contributed by atoms with van der Waals surface area (Å²) in [5, 5.41) is 7.76. The smallest absolute Gasteiger partial charge is 0.223 e. The summed E-state index contributed by atoms with van der Waals surface area (Å²) in [5.41, 5.74) is 5.10. The van der Waals surface area contributed by atoms with Gasteiger partial charge in [0, 0.05) is 30.7 Å². The Morgan fingerprint density at radius 2 is 2.00 bits per heavy atom. The van der Waals surface area contributed by atoms with E-state index in [1.165, 1.54) is 5.56 Å². The van der Waals surface area contributed by atoms with Gasteiger partial charge in [0.15, 0.2) is 0 Å². The van der Waals surface area contributed by atoms with Crippen molar-refractivity contribution in [1.82, 2.24) is 29.3 Å². The highest BCUT2D eigenvalue weighted by molar-refractivity contribution is 5.59. The van der Waals surface area contributed by atoms with Crippen LogP contribution in [-0.4, -0.2) is 29.3 Å².